The Morgan fingerprint density at radius 3 is 2.69 bits per heavy atom. The zero-order chi connectivity index (χ0) is 22.7. The lowest BCUT2D eigenvalue weighted by Gasteiger charge is -2.27. The molecule has 1 unspecified atom stereocenters. The van der Waals surface area contributed by atoms with E-state index in [0.717, 1.165) is 51.0 Å². The second-order valence-corrected chi connectivity index (χ2v) is 10.3. The molecule has 0 radical (unpaired) electrons. The third-order valence-electron chi connectivity index (χ3n) is 7.30. The van der Waals surface area contributed by atoms with Crippen LogP contribution in [-0.2, 0) is 19.3 Å². The number of fused-ring (bicyclic) bond motifs is 2. The summed E-state index contributed by atoms with van der Waals surface area (Å²) < 4.78 is 12.3. The van der Waals surface area contributed by atoms with Crippen molar-refractivity contribution in [2.24, 2.45) is 0 Å². The lowest BCUT2D eigenvalue weighted by Crippen LogP contribution is -2.30. The van der Waals surface area contributed by atoms with Gasteiger partial charge < -0.3 is 9.46 Å². The topological polar surface area (TPSA) is 24.5 Å². The Kier molecular flexibility index (Phi) is 7.73. The number of hydrogen-bond acceptors (Lipinski definition) is 4. The van der Waals surface area contributed by atoms with Gasteiger partial charge in [0.25, 0.3) is 0 Å². The van der Waals surface area contributed by atoms with Gasteiger partial charge in [0.2, 0.25) is 0 Å². The van der Waals surface area contributed by atoms with Crippen LogP contribution >= 0.6 is 12.1 Å². The fourth-order valence-corrected chi connectivity index (χ4v) is 6.63. The van der Waals surface area contributed by atoms with Gasteiger partial charge in [0.15, 0.2) is 0 Å². The number of anilines is 1. The van der Waals surface area contributed by atoms with Crippen LogP contribution in [0.4, 0.5) is 5.69 Å². The summed E-state index contributed by atoms with van der Waals surface area (Å²) in [7, 11) is 0. The Labute approximate surface area is 199 Å². The summed E-state index contributed by atoms with van der Waals surface area (Å²) in [5.74, 6) is 1.08. The minimum absolute atomic E-state index is 0.641. The fourth-order valence-electron chi connectivity index (χ4n) is 5.56. The SMILES string of the molecule is CCCc1c(C)c2c(c(C)c1-c1ccc3c(c1)CCCO3)CCN(C(CC)CCC)SN2. The first-order chi connectivity index (χ1) is 15.6. The standard InChI is InChI=1S/C28H40N2OS/c1-6-10-23(8-3)30-16-15-25-19(4)27(24(11-7-2)20(5)28(25)29-32-30)22-13-14-26-21(18-22)12-9-17-31-26/h13-14,18,23,29H,6-12,15-17H2,1-5H3. The van der Waals surface area contributed by atoms with Gasteiger partial charge in [0, 0.05) is 24.7 Å². The van der Waals surface area contributed by atoms with E-state index in [1.165, 1.54) is 63.9 Å². The van der Waals surface area contributed by atoms with Crippen LogP contribution in [0.3, 0.4) is 0 Å². The van der Waals surface area contributed by atoms with Gasteiger partial charge in [-0.15, -0.1) is 0 Å². The zero-order valence-corrected chi connectivity index (χ0v) is 21.5. The summed E-state index contributed by atoms with van der Waals surface area (Å²) in [6.07, 6.45) is 9.35. The van der Waals surface area contributed by atoms with Crippen molar-refractivity contribution in [2.75, 3.05) is 17.9 Å². The van der Waals surface area contributed by atoms with Crippen LogP contribution in [0, 0.1) is 13.8 Å². The summed E-state index contributed by atoms with van der Waals surface area (Å²) in [5, 5.41) is 0. The van der Waals surface area contributed by atoms with E-state index in [-0.39, 0.29) is 0 Å². The molecule has 4 heteroatoms. The molecule has 2 aromatic carbocycles. The highest BCUT2D eigenvalue weighted by Crippen LogP contribution is 2.43. The normalized spacial score (nSPS) is 17.0. The summed E-state index contributed by atoms with van der Waals surface area (Å²) in [4.78, 5) is 0. The lowest BCUT2D eigenvalue weighted by molar-refractivity contribution is 0.288. The molecule has 0 aromatic heterocycles. The quantitative estimate of drug-likeness (QED) is 0.436. The van der Waals surface area contributed by atoms with Gasteiger partial charge in [0.1, 0.15) is 5.75 Å². The van der Waals surface area contributed by atoms with E-state index in [9.17, 15) is 0 Å². The molecule has 2 heterocycles. The van der Waals surface area contributed by atoms with Crippen LogP contribution in [0.15, 0.2) is 18.2 Å². The van der Waals surface area contributed by atoms with Crippen molar-refractivity contribution in [2.45, 2.75) is 92.0 Å². The number of benzene rings is 2. The largest absolute Gasteiger partial charge is 0.493 e. The predicted octanol–water partition coefficient (Wildman–Crippen LogP) is 7.66. The van der Waals surface area contributed by atoms with E-state index in [2.05, 4.69) is 61.8 Å². The first-order valence-electron chi connectivity index (χ1n) is 12.7. The van der Waals surface area contributed by atoms with E-state index in [0.29, 0.717) is 6.04 Å². The molecule has 2 aromatic rings. The second kappa shape index (κ2) is 10.5. The minimum atomic E-state index is 0.641. The lowest BCUT2D eigenvalue weighted by atomic mass is 9.83. The smallest absolute Gasteiger partial charge is 0.122 e. The molecule has 0 saturated carbocycles. The van der Waals surface area contributed by atoms with Crippen molar-refractivity contribution in [3.05, 3.63) is 46.0 Å². The molecule has 0 spiro atoms. The van der Waals surface area contributed by atoms with Gasteiger partial charge in [-0.2, -0.15) is 0 Å². The molecule has 32 heavy (non-hydrogen) atoms. The second-order valence-electron chi connectivity index (χ2n) is 9.42. The summed E-state index contributed by atoms with van der Waals surface area (Å²) in [5.41, 5.74) is 11.5. The van der Waals surface area contributed by atoms with E-state index in [1.54, 1.807) is 0 Å². The number of ether oxygens (including phenoxy) is 1. The summed E-state index contributed by atoms with van der Waals surface area (Å²) in [6, 6.07) is 7.54. The van der Waals surface area contributed by atoms with Crippen molar-refractivity contribution in [1.82, 2.24) is 4.31 Å². The van der Waals surface area contributed by atoms with Gasteiger partial charge in [-0.1, -0.05) is 39.7 Å². The van der Waals surface area contributed by atoms with Crippen LogP contribution in [0.25, 0.3) is 11.1 Å². The van der Waals surface area contributed by atoms with Crippen molar-refractivity contribution in [3.63, 3.8) is 0 Å². The van der Waals surface area contributed by atoms with Gasteiger partial charge in [-0.3, -0.25) is 0 Å². The molecule has 3 nitrogen and oxygen atoms in total. The fraction of sp³-hybridized carbons (Fsp3) is 0.571. The van der Waals surface area contributed by atoms with Crippen LogP contribution in [0.1, 0.15) is 80.7 Å². The Bertz CT molecular complexity index is 955. The number of hydrogen-bond donors (Lipinski definition) is 1. The molecule has 0 fully saturated rings. The number of nitrogens with one attached hydrogen (secondary N) is 1. The summed E-state index contributed by atoms with van der Waals surface area (Å²) >= 11 is 1.84. The van der Waals surface area contributed by atoms with Gasteiger partial charge in [-0.25, -0.2) is 4.31 Å². The Hall–Kier alpha value is -1.65. The van der Waals surface area contributed by atoms with E-state index >= 15 is 0 Å². The van der Waals surface area contributed by atoms with Crippen molar-refractivity contribution in [3.8, 4) is 16.9 Å². The third-order valence-corrected chi connectivity index (χ3v) is 8.31. The zero-order valence-electron chi connectivity index (χ0n) is 20.6. The first kappa shape index (κ1) is 23.5. The molecule has 0 aliphatic carbocycles. The molecular weight excluding hydrogens is 412 g/mol. The van der Waals surface area contributed by atoms with Crippen molar-refractivity contribution in [1.29, 1.82) is 0 Å². The highest BCUT2D eigenvalue weighted by Gasteiger charge is 2.26. The Balaban J connectivity index is 1.77. The first-order valence-corrected chi connectivity index (χ1v) is 13.5. The monoisotopic (exact) mass is 452 g/mol. The molecule has 4 rings (SSSR count). The summed E-state index contributed by atoms with van der Waals surface area (Å²) in [6.45, 7) is 13.6. The van der Waals surface area contributed by atoms with Gasteiger partial charge in [0.05, 0.1) is 12.3 Å². The van der Waals surface area contributed by atoms with Crippen LogP contribution in [0.5, 0.6) is 5.75 Å². The Morgan fingerprint density at radius 2 is 1.94 bits per heavy atom. The molecular formula is C28H40N2OS. The average molecular weight is 453 g/mol. The maximum absolute atomic E-state index is 5.90. The molecule has 2 aliphatic heterocycles. The maximum atomic E-state index is 5.90. The molecule has 1 N–H and O–H groups in total. The average Bonchev–Trinajstić information content (AvgIpc) is 3.04. The molecule has 2 aliphatic rings. The predicted molar refractivity (Wildman–Crippen MR) is 140 cm³/mol. The van der Waals surface area contributed by atoms with Crippen molar-refractivity contribution >= 4 is 17.8 Å². The van der Waals surface area contributed by atoms with Crippen LogP contribution in [-0.4, -0.2) is 23.5 Å². The van der Waals surface area contributed by atoms with E-state index in [4.69, 9.17) is 4.74 Å². The minimum Gasteiger partial charge on any atom is -0.493 e. The molecule has 0 saturated heterocycles. The molecule has 0 bridgehead atoms. The highest BCUT2D eigenvalue weighted by molar-refractivity contribution is 7.98. The number of aryl methyl sites for hydroxylation is 1. The van der Waals surface area contributed by atoms with Crippen LogP contribution < -0.4 is 9.46 Å². The van der Waals surface area contributed by atoms with Gasteiger partial charge >= 0.3 is 0 Å². The molecule has 174 valence electrons. The van der Waals surface area contributed by atoms with Crippen molar-refractivity contribution < 1.29 is 4.74 Å². The van der Waals surface area contributed by atoms with E-state index in [1.807, 2.05) is 12.1 Å². The maximum Gasteiger partial charge on any atom is 0.122 e. The highest BCUT2D eigenvalue weighted by atomic mass is 32.2. The Morgan fingerprint density at radius 1 is 1.09 bits per heavy atom. The number of nitrogens with zero attached hydrogens (tertiary/aromatic N) is 1. The van der Waals surface area contributed by atoms with E-state index < -0.39 is 0 Å². The van der Waals surface area contributed by atoms with Crippen LogP contribution in [0.2, 0.25) is 0 Å². The number of rotatable bonds is 7. The third kappa shape index (κ3) is 4.54. The molecule has 0 amide bonds. The molecule has 1 atom stereocenters. The van der Waals surface area contributed by atoms with Gasteiger partial charge in [-0.05, 0) is 103 Å².